The molecular formula is C37H41ClF2N6O7S. The van der Waals surface area contributed by atoms with Gasteiger partial charge in [-0.05, 0) is 72.1 Å². The van der Waals surface area contributed by atoms with Crippen molar-refractivity contribution in [3.8, 4) is 23.2 Å². The van der Waals surface area contributed by atoms with Gasteiger partial charge in [-0.25, -0.2) is 18.4 Å². The van der Waals surface area contributed by atoms with Crippen LogP contribution in [0.2, 0.25) is 5.02 Å². The second-order valence-electron chi connectivity index (χ2n) is 15.0. The van der Waals surface area contributed by atoms with E-state index in [1.807, 2.05) is 31.7 Å². The number of amides is 2. The summed E-state index contributed by atoms with van der Waals surface area (Å²) in [5.74, 6) is -1.23. The van der Waals surface area contributed by atoms with Crippen molar-refractivity contribution in [1.29, 1.82) is 5.26 Å². The molecule has 2 aromatic carbocycles. The van der Waals surface area contributed by atoms with E-state index in [0.29, 0.717) is 18.9 Å². The van der Waals surface area contributed by atoms with E-state index in [0.717, 1.165) is 30.2 Å². The van der Waals surface area contributed by atoms with Crippen LogP contribution >= 0.6 is 22.9 Å². The Hall–Kier alpha value is -4.56. The van der Waals surface area contributed by atoms with Gasteiger partial charge in [0.15, 0.2) is 12.1 Å². The third-order valence-corrected chi connectivity index (χ3v) is 10.3. The zero-order chi connectivity index (χ0) is 39.3. The van der Waals surface area contributed by atoms with Crippen LogP contribution in [0.3, 0.4) is 0 Å². The van der Waals surface area contributed by atoms with Crippen LogP contribution in [-0.4, -0.2) is 90.5 Å². The number of methoxy groups -OCH3 is 2. The molecule has 6 rings (SSSR count). The monoisotopic (exact) mass is 786 g/mol. The average molecular weight is 787 g/mol. The first-order chi connectivity index (χ1) is 25.4. The number of benzene rings is 2. The third-order valence-electron chi connectivity index (χ3n) is 8.89. The van der Waals surface area contributed by atoms with Crippen molar-refractivity contribution in [3.05, 3.63) is 40.4 Å². The highest BCUT2D eigenvalue weighted by molar-refractivity contribution is 7.23. The fraction of sp³-hybridized carbons (Fsp3) is 0.486. The Morgan fingerprint density at radius 2 is 1.70 bits per heavy atom. The lowest BCUT2D eigenvalue weighted by Crippen LogP contribution is -2.57. The number of nitrogens with one attached hydrogen (secondary N) is 1. The van der Waals surface area contributed by atoms with Gasteiger partial charge in [0.05, 0.1) is 27.4 Å². The van der Waals surface area contributed by atoms with E-state index in [1.165, 1.54) is 26.4 Å². The van der Waals surface area contributed by atoms with E-state index < -0.39 is 41.3 Å². The largest absolute Gasteiger partial charge is 0.458 e. The lowest BCUT2D eigenvalue weighted by Gasteiger charge is -2.42. The maximum atomic E-state index is 17.2. The Balaban J connectivity index is 1.48. The Morgan fingerprint density at radius 1 is 1.06 bits per heavy atom. The summed E-state index contributed by atoms with van der Waals surface area (Å²) in [6.45, 7) is 11.1. The number of nitrogens with zero attached hydrogens (tertiary/aromatic N) is 5. The number of anilines is 2. The van der Waals surface area contributed by atoms with Crippen molar-refractivity contribution in [3.63, 3.8) is 0 Å². The van der Waals surface area contributed by atoms with Gasteiger partial charge in [-0.2, -0.15) is 15.2 Å². The van der Waals surface area contributed by atoms with Crippen LogP contribution in [0.25, 0.3) is 32.1 Å². The Labute approximate surface area is 320 Å². The van der Waals surface area contributed by atoms with Crippen LogP contribution in [0.15, 0.2) is 18.2 Å². The minimum absolute atomic E-state index is 0.00146. The summed E-state index contributed by atoms with van der Waals surface area (Å²) < 4.78 is 60.0. The van der Waals surface area contributed by atoms with Crippen LogP contribution in [-0.2, 0) is 18.9 Å². The first-order valence-corrected chi connectivity index (χ1v) is 18.4. The van der Waals surface area contributed by atoms with Crippen LogP contribution in [0.1, 0.15) is 59.9 Å². The predicted molar refractivity (Wildman–Crippen MR) is 200 cm³/mol. The van der Waals surface area contributed by atoms with E-state index >= 15 is 8.78 Å². The molecule has 13 nitrogen and oxygen atoms in total. The third kappa shape index (κ3) is 7.81. The van der Waals surface area contributed by atoms with Crippen LogP contribution < -0.4 is 15.0 Å². The minimum atomic E-state index is -0.874. The van der Waals surface area contributed by atoms with Gasteiger partial charge in [-0.15, -0.1) is 11.3 Å². The van der Waals surface area contributed by atoms with Crippen molar-refractivity contribution in [2.75, 3.05) is 44.1 Å². The summed E-state index contributed by atoms with van der Waals surface area (Å²) in [5, 5.41) is 13.1. The van der Waals surface area contributed by atoms with Crippen LogP contribution in [0.5, 0.6) is 6.01 Å². The van der Waals surface area contributed by atoms with Gasteiger partial charge in [-0.1, -0.05) is 17.7 Å². The number of nitriles is 1. The van der Waals surface area contributed by atoms with Gasteiger partial charge in [0.2, 0.25) is 0 Å². The molecule has 4 aromatic rings. The topological polar surface area (TPSA) is 148 Å². The second kappa shape index (κ2) is 14.9. The molecule has 2 atom stereocenters. The van der Waals surface area contributed by atoms with E-state index in [9.17, 15) is 14.9 Å². The quantitative estimate of drug-likeness (QED) is 0.172. The predicted octanol–water partition coefficient (Wildman–Crippen LogP) is 8.25. The van der Waals surface area contributed by atoms with E-state index in [-0.39, 0.29) is 72.4 Å². The molecule has 2 bridgehead atoms. The van der Waals surface area contributed by atoms with E-state index in [4.69, 9.17) is 40.3 Å². The number of rotatable bonds is 8. The highest BCUT2D eigenvalue weighted by Crippen LogP contribution is 2.47. The van der Waals surface area contributed by atoms with Crippen molar-refractivity contribution in [2.24, 2.45) is 0 Å². The highest BCUT2D eigenvalue weighted by Gasteiger charge is 2.45. The molecule has 0 aliphatic carbocycles. The number of hydrogen-bond donors (Lipinski definition) is 1. The number of fused-ring (bicyclic) bond motifs is 4. The molecule has 0 radical (unpaired) electrons. The summed E-state index contributed by atoms with van der Waals surface area (Å²) in [6.07, 6.45) is -0.532. The fourth-order valence-electron chi connectivity index (χ4n) is 6.75. The molecule has 2 aliphatic rings. The van der Waals surface area contributed by atoms with Crippen molar-refractivity contribution < 1.29 is 42.1 Å². The lowest BCUT2D eigenvalue weighted by atomic mass is 9.97. The zero-order valence-electron chi connectivity index (χ0n) is 31.1. The molecule has 1 N–H and O–H groups in total. The van der Waals surface area contributed by atoms with Crippen LogP contribution in [0, 0.1) is 23.0 Å². The average Bonchev–Trinajstić information content (AvgIpc) is 3.58. The highest BCUT2D eigenvalue weighted by atomic mass is 35.5. The summed E-state index contributed by atoms with van der Waals surface area (Å²) in [7, 11) is 2.88. The molecule has 0 saturated carbocycles. The Morgan fingerprint density at radius 3 is 2.30 bits per heavy atom. The maximum Gasteiger partial charge on any atom is 0.412 e. The van der Waals surface area contributed by atoms with Crippen molar-refractivity contribution in [2.45, 2.75) is 84.0 Å². The molecule has 0 spiro atoms. The number of aromatic nitrogens is 2. The molecule has 2 aromatic heterocycles. The van der Waals surface area contributed by atoms with Gasteiger partial charge in [0, 0.05) is 43.6 Å². The molecule has 2 aliphatic heterocycles. The molecule has 54 heavy (non-hydrogen) atoms. The van der Waals surface area contributed by atoms with Crippen molar-refractivity contribution in [1.82, 2.24) is 14.9 Å². The molecule has 2 amide bonds. The van der Waals surface area contributed by atoms with Gasteiger partial charge in [0.1, 0.15) is 46.0 Å². The number of hydrogen-bond acceptors (Lipinski definition) is 12. The number of ether oxygens (including phenoxy) is 5. The van der Waals surface area contributed by atoms with Gasteiger partial charge in [0.25, 0.3) is 0 Å². The number of halogens is 3. The van der Waals surface area contributed by atoms with Gasteiger partial charge < -0.3 is 28.6 Å². The van der Waals surface area contributed by atoms with Crippen LogP contribution in [0.4, 0.5) is 29.2 Å². The molecule has 288 valence electrons. The number of piperazine rings is 1. The molecular weight excluding hydrogens is 746 g/mol. The van der Waals surface area contributed by atoms with E-state index in [2.05, 4.69) is 10.3 Å². The molecule has 2 unspecified atom stereocenters. The molecule has 4 heterocycles. The molecule has 2 saturated heterocycles. The summed E-state index contributed by atoms with van der Waals surface area (Å²) in [4.78, 5) is 38.7. The summed E-state index contributed by atoms with van der Waals surface area (Å²) in [5.41, 5.74) is -1.80. The maximum absolute atomic E-state index is 17.2. The van der Waals surface area contributed by atoms with Gasteiger partial charge in [-0.3, -0.25) is 10.2 Å². The molecule has 17 heteroatoms. The summed E-state index contributed by atoms with van der Waals surface area (Å²) in [6, 6.07) is 5.46. The minimum Gasteiger partial charge on any atom is -0.458 e. The Kier molecular flexibility index (Phi) is 10.8. The van der Waals surface area contributed by atoms with E-state index in [1.54, 1.807) is 25.7 Å². The zero-order valence-corrected chi connectivity index (χ0v) is 32.7. The Bertz CT molecular complexity index is 2150. The first-order valence-electron chi connectivity index (χ1n) is 17.2. The number of carbonyl (C=O) groups is 2. The summed E-state index contributed by atoms with van der Waals surface area (Å²) >= 11 is 7.73. The molecule has 2 fully saturated rings. The first kappa shape index (κ1) is 39.1. The lowest BCUT2D eigenvalue weighted by molar-refractivity contribution is -0.123. The number of carbonyl (C=O) groups excluding carboxylic acids is 2. The normalized spacial score (nSPS) is 17.3. The fourth-order valence-corrected chi connectivity index (χ4v) is 8.11. The standard InChI is InChI=1S/C37H41ClF2N6O7S/c1-36(2,3)52-34(47)44-32-22(14-41)26-20(11-12-24(39)30(26)54-32)27-23(38)13-21-29(28(27)40)42-33(51-17-25(49-7)50-8)43-31(21)45-15-18-9-10-19(16-45)46(18)35(48)53-37(4,5)6/h11-13,18-19,25H,9-10,15-17H2,1-8H3,(H,44,47). The van der Waals surface area contributed by atoms with Gasteiger partial charge >= 0.3 is 18.2 Å². The smallest absolute Gasteiger partial charge is 0.412 e. The van der Waals surface area contributed by atoms with Crippen molar-refractivity contribution >= 4 is 66.9 Å². The second-order valence-corrected chi connectivity index (χ2v) is 16.4. The SMILES string of the molecule is COC(COc1nc(N2CC3CCC(C2)N3C(=O)OC(C)(C)C)c2cc(Cl)c(-c3ccc(F)c4sc(NC(=O)OC(C)(C)C)c(C#N)c34)c(F)c2n1)OC. The number of thiophene rings is 1.